The molecule has 6 atom stereocenters. The number of rotatable bonds is 7. The quantitative estimate of drug-likeness (QED) is 0.506. The number of carbonyl (C=O) groups excluding carboxylic acids is 1. The van der Waals surface area contributed by atoms with E-state index in [0.717, 1.165) is 19.3 Å². The second-order valence-electron chi connectivity index (χ2n) is 5.39. The van der Waals surface area contributed by atoms with Crippen LogP contribution in [0.3, 0.4) is 0 Å². The SMILES string of the molecule is CCCC(CC)OC1OC(CO)C(O)C(O)C1NC(C)=O. The number of amides is 1. The summed E-state index contributed by atoms with van der Waals surface area (Å²) >= 11 is 0. The summed E-state index contributed by atoms with van der Waals surface area (Å²) in [5.74, 6) is -0.352. The Labute approximate surface area is 125 Å². The number of hydrogen-bond donors (Lipinski definition) is 4. The Bertz CT molecular complexity index is 327. The fourth-order valence-electron chi connectivity index (χ4n) is 2.47. The van der Waals surface area contributed by atoms with Gasteiger partial charge in [-0.25, -0.2) is 0 Å². The highest BCUT2D eigenvalue weighted by atomic mass is 16.7. The van der Waals surface area contributed by atoms with Gasteiger partial charge < -0.3 is 30.1 Å². The third kappa shape index (κ3) is 4.89. The Balaban J connectivity index is 2.84. The topological polar surface area (TPSA) is 108 Å². The van der Waals surface area contributed by atoms with Crippen LogP contribution in [0.25, 0.3) is 0 Å². The summed E-state index contributed by atoms with van der Waals surface area (Å²) in [4.78, 5) is 11.3. The van der Waals surface area contributed by atoms with Gasteiger partial charge in [0.2, 0.25) is 5.91 Å². The maximum absolute atomic E-state index is 11.3. The molecule has 0 aliphatic carbocycles. The van der Waals surface area contributed by atoms with Crippen LogP contribution in [0.4, 0.5) is 0 Å². The van der Waals surface area contributed by atoms with Crippen molar-refractivity contribution in [3.05, 3.63) is 0 Å². The molecule has 0 aromatic carbocycles. The zero-order valence-corrected chi connectivity index (χ0v) is 12.9. The molecule has 1 rings (SSSR count). The van der Waals surface area contributed by atoms with Gasteiger partial charge in [0, 0.05) is 6.92 Å². The molecule has 1 aliphatic rings. The van der Waals surface area contributed by atoms with E-state index < -0.39 is 37.3 Å². The predicted octanol–water partition coefficient (Wildman–Crippen LogP) is -0.475. The Morgan fingerprint density at radius 2 is 2.00 bits per heavy atom. The molecule has 1 amide bonds. The monoisotopic (exact) mass is 305 g/mol. The minimum absolute atomic E-state index is 0.0713. The maximum Gasteiger partial charge on any atom is 0.217 e. The molecular formula is C14H27NO6. The minimum atomic E-state index is -1.28. The Morgan fingerprint density at radius 1 is 1.33 bits per heavy atom. The number of hydrogen-bond acceptors (Lipinski definition) is 6. The average molecular weight is 305 g/mol. The highest BCUT2D eigenvalue weighted by Gasteiger charge is 2.45. The fourth-order valence-corrected chi connectivity index (χ4v) is 2.47. The Hall–Kier alpha value is -0.730. The second-order valence-corrected chi connectivity index (χ2v) is 5.39. The van der Waals surface area contributed by atoms with Gasteiger partial charge >= 0.3 is 0 Å². The zero-order valence-electron chi connectivity index (χ0n) is 12.9. The van der Waals surface area contributed by atoms with Crippen LogP contribution in [0.15, 0.2) is 0 Å². The van der Waals surface area contributed by atoms with Crippen LogP contribution in [0, 0.1) is 0 Å². The summed E-state index contributed by atoms with van der Waals surface area (Å²) in [5.41, 5.74) is 0. The lowest BCUT2D eigenvalue weighted by Crippen LogP contribution is -2.65. The number of ether oxygens (including phenoxy) is 2. The van der Waals surface area contributed by atoms with Crippen molar-refractivity contribution < 1.29 is 29.6 Å². The van der Waals surface area contributed by atoms with Gasteiger partial charge in [-0.2, -0.15) is 0 Å². The number of carbonyl (C=O) groups is 1. The summed E-state index contributed by atoms with van der Waals surface area (Å²) in [7, 11) is 0. The van der Waals surface area contributed by atoms with Gasteiger partial charge in [-0.05, 0) is 12.8 Å². The molecule has 1 heterocycles. The van der Waals surface area contributed by atoms with E-state index in [1.807, 2.05) is 13.8 Å². The molecular weight excluding hydrogens is 278 g/mol. The van der Waals surface area contributed by atoms with E-state index >= 15 is 0 Å². The first-order valence-corrected chi connectivity index (χ1v) is 7.49. The van der Waals surface area contributed by atoms with Gasteiger partial charge in [0.1, 0.15) is 24.4 Å². The molecule has 7 heteroatoms. The van der Waals surface area contributed by atoms with Crippen LogP contribution in [0.2, 0.25) is 0 Å². The van der Waals surface area contributed by atoms with Crippen molar-refractivity contribution >= 4 is 5.91 Å². The molecule has 7 nitrogen and oxygen atoms in total. The lowest BCUT2D eigenvalue weighted by Gasteiger charge is -2.43. The van der Waals surface area contributed by atoms with Crippen molar-refractivity contribution in [3.63, 3.8) is 0 Å². The molecule has 1 saturated heterocycles. The van der Waals surface area contributed by atoms with Crippen LogP contribution < -0.4 is 5.32 Å². The van der Waals surface area contributed by atoms with Gasteiger partial charge in [-0.1, -0.05) is 20.3 Å². The Morgan fingerprint density at radius 3 is 2.48 bits per heavy atom. The smallest absolute Gasteiger partial charge is 0.217 e. The van der Waals surface area contributed by atoms with Crippen LogP contribution in [-0.2, 0) is 14.3 Å². The van der Waals surface area contributed by atoms with Crippen molar-refractivity contribution in [1.29, 1.82) is 0 Å². The van der Waals surface area contributed by atoms with E-state index in [2.05, 4.69) is 5.32 Å². The molecule has 6 unspecified atom stereocenters. The first-order valence-electron chi connectivity index (χ1n) is 7.49. The summed E-state index contributed by atoms with van der Waals surface area (Å²) in [6.07, 6.45) is -1.92. The van der Waals surface area contributed by atoms with Crippen molar-refractivity contribution in [2.45, 2.75) is 76.8 Å². The van der Waals surface area contributed by atoms with E-state index in [1.165, 1.54) is 6.92 Å². The number of nitrogens with one attached hydrogen (secondary N) is 1. The molecule has 1 fully saturated rings. The van der Waals surface area contributed by atoms with Crippen LogP contribution in [0.5, 0.6) is 0 Å². The summed E-state index contributed by atoms with van der Waals surface area (Å²) in [6, 6.07) is -0.869. The van der Waals surface area contributed by atoms with E-state index in [9.17, 15) is 20.1 Å². The molecule has 0 radical (unpaired) electrons. The normalized spacial score (nSPS) is 34.5. The predicted molar refractivity (Wildman–Crippen MR) is 75.4 cm³/mol. The standard InChI is InChI=1S/C14H27NO6/c1-4-6-9(5-2)20-14-11(15-8(3)17)13(19)12(18)10(7-16)21-14/h9-14,16,18-19H,4-7H2,1-3H3,(H,15,17). The summed E-state index contributed by atoms with van der Waals surface area (Å²) in [6.45, 7) is 4.90. The largest absolute Gasteiger partial charge is 0.394 e. The third-order valence-electron chi connectivity index (χ3n) is 3.64. The maximum atomic E-state index is 11.3. The fraction of sp³-hybridized carbons (Fsp3) is 0.929. The minimum Gasteiger partial charge on any atom is -0.394 e. The van der Waals surface area contributed by atoms with Gasteiger partial charge in [0.05, 0.1) is 12.7 Å². The van der Waals surface area contributed by atoms with Crippen LogP contribution >= 0.6 is 0 Å². The molecule has 0 aromatic rings. The number of aliphatic hydroxyl groups excluding tert-OH is 3. The average Bonchev–Trinajstić information content (AvgIpc) is 2.45. The number of aliphatic hydroxyl groups is 3. The summed E-state index contributed by atoms with van der Waals surface area (Å²) in [5, 5.41) is 31.8. The first-order chi connectivity index (χ1) is 9.94. The molecule has 0 aromatic heterocycles. The van der Waals surface area contributed by atoms with Crippen molar-refractivity contribution in [1.82, 2.24) is 5.32 Å². The lowest BCUT2D eigenvalue weighted by atomic mass is 9.96. The van der Waals surface area contributed by atoms with E-state index in [4.69, 9.17) is 9.47 Å². The second kappa shape index (κ2) is 8.65. The molecule has 21 heavy (non-hydrogen) atoms. The molecule has 0 saturated carbocycles. The van der Waals surface area contributed by atoms with Crippen LogP contribution in [-0.4, -0.2) is 64.6 Å². The third-order valence-corrected chi connectivity index (χ3v) is 3.64. The zero-order chi connectivity index (χ0) is 16.0. The highest BCUT2D eigenvalue weighted by molar-refractivity contribution is 5.73. The first kappa shape index (κ1) is 18.3. The van der Waals surface area contributed by atoms with Crippen molar-refractivity contribution in [2.75, 3.05) is 6.61 Å². The highest BCUT2D eigenvalue weighted by Crippen LogP contribution is 2.24. The van der Waals surface area contributed by atoms with Crippen molar-refractivity contribution in [3.8, 4) is 0 Å². The molecule has 0 bridgehead atoms. The van der Waals surface area contributed by atoms with Gasteiger partial charge in [-0.15, -0.1) is 0 Å². The van der Waals surface area contributed by atoms with Gasteiger partial charge in [-0.3, -0.25) is 4.79 Å². The van der Waals surface area contributed by atoms with Crippen molar-refractivity contribution in [2.24, 2.45) is 0 Å². The molecule has 124 valence electrons. The molecule has 4 N–H and O–H groups in total. The summed E-state index contributed by atoms with van der Waals surface area (Å²) < 4.78 is 11.3. The van der Waals surface area contributed by atoms with Gasteiger partial charge in [0.25, 0.3) is 0 Å². The van der Waals surface area contributed by atoms with E-state index in [-0.39, 0.29) is 12.0 Å². The lowest BCUT2D eigenvalue weighted by molar-refractivity contribution is -0.282. The molecule has 1 aliphatic heterocycles. The van der Waals surface area contributed by atoms with E-state index in [0.29, 0.717) is 0 Å². The van der Waals surface area contributed by atoms with Crippen LogP contribution in [0.1, 0.15) is 40.0 Å². The van der Waals surface area contributed by atoms with Gasteiger partial charge in [0.15, 0.2) is 6.29 Å². The Kier molecular flexibility index (Phi) is 7.55. The molecule has 0 spiro atoms. The van der Waals surface area contributed by atoms with E-state index in [1.54, 1.807) is 0 Å².